The van der Waals surface area contributed by atoms with Crippen molar-refractivity contribution in [2.75, 3.05) is 45.8 Å². The highest BCUT2D eigenvalue weighted by Gasteiger charge is 2.23. The zero-order chi connectivity index (χ0) is 16.1. The third-order valence-corrected chi connectivity index (χ3v) is 3.83. The molecule has 0 bridgehead atoms. The van der Waals surface area contributed by atoms with Crippen molar-refractivity contribution in [3.05, 3.63) is 17.2 Å². The van der Waals surface area contributed by atoms with E-state index in [4.69, 9.17) is 25.8 Å². The van der Waals surface area contributed by atoms with E-state index in [1.54, 1.807) is 31.3 Å². The Balaban J connectivity index is 2.11. The average molecular weight is 329 g/mol. The predicted molar refractivity (Wildman–Crippen MR) is 85.0 cm³/mol. The number of morpholine rings is 1. The Morgan fingerprint density at radius 1 is 1.27 bits per heavy atom. The molecule has 6 nitrogen and oxygen atoms in total. The Bertz CT molecular complexity index is 533. The van der Waals surface area contributed by atoms with Crippen LogP contribution in [0.4, 0.5) is 5.69 Å². The van der Waals surface area contributed by atoms with Gasteiger partial charge in [0.2, 0.25) is 5.91 Å². The number of benzene rings is 1. The third kappa shape index (κ3) is 3.75. The number of nitrogens with zero attached hydrogens (tertiary/aromatic N) is 1. The Kier molecular flexibility index (Phi) is 5.74. The second-order valence-corrected chi connectivity index (χ2v) is 5.40. The molecule has 1 aliphatic heterocycles. The van der Waals surface area contributed by atoms with E-state index in [0.29, 0.717) is 48.5 Å². The van der Waals surface area contributed by atoms with E-state index in [0.717, 1.165) is 0 Å². The largest absolute Gasteiger partial charge is 0.495 e. The summed E-state index contributed by atoms with van der Waals surface area (Å²) in [5.74, 6) is 1.12. The predicted octanol–water partition coefficient (Wildman–Crippen LogP) is 2.02. The van der Waals surface area contributed by atoms with E-state index in [2.05, 4.69) is 5.32 Å². The number of halogens is 1. The minimum absolute atomic E-state index is 0.0253. The molecule has 1 unspecified atom stereocenters. The van der Waals surface area contributed by atoms with E-state index in [1.165, 1.54) is 0 Å². The lowest BCUT2D eigenvalue weighted by Gasteiger charge is -2.30. The molecule has 22 heavy (non-hydrogen) atoms. The number of anilines is 1. The first-order valence-corrected chi connectivity index (χ1v) is 7.49. The maximum Gasteiger partial charge on any atom is 0.244 e. The van der Waals surface area contributed by atoms with Gasteiger partial charge in [-0.2, -0.15) is 0 Å². The second kappa shape index (κ2) is 7.56. The Hall–Kier alpha value is -1.66. The lowest BCUT2D eigenvalue weighted by Crippen LogP contribution is -2.47. The first-order valence-electron chi connectivity index (χ1n) is 7.11. The molecular weight excluding hydrogens is 308 g/mol. The van der Waals surface area contributed by atoms with Crippen molar-refractivity contribution in [1.29, 1.82) is 0 Å². The lowest BCUT2D eigenvalue weighted by atomic mass is 10.2. The van der Waals surface area contributed by atoms with Crippen molar-refractivity contribution in [2.45, 2.75) is 13.0 Å². The van der Waals surface area contributed by atoms with Crippen LogP contribution in [-0.2, 0) is 9.53 Å². The maximum absolute atomic E-state index is 12.4. The van der Waals surface area contributed by atoms with Gasteiger partial charge in [-0.3, -0.25) is 4.79 Å². The number of hydrogen-bond donors (Lipinski definition) is 1. The van der Waals surface area contributed by atoms with Gasteiger partial charge < -0.3 is 24.4 Å². The fraction of sp³-hybridized carbons (Fsp3) is 0.533. The zero-order valence-electron chi connectivity index (χ0n) is 13.0. The molecule has 1 saturated heterocycles. The molecule has 7 heteroatoms. The van der Waals surface area contributed by atoms with Crippen LogP contribution in [0.1, 0.15) is 6.92 Å². The molecule has 0 saturated carbocycles. The van der Waals surface area contributed by atoms with Gasteiger partial charge in [0, 0.05) is 19.2 Å². The maximum atomic E-state index is 12.4. The standard InChI is InChI=1S/C15H21ClN2O4/c1-10(15(19)18-4-6-22-7-5-18)17-12-8-11(16)13(20-2)9-14(12)21-3/h8-10,17H,4-7H2,1-3H3. The summed E-state index contributed by atoms with van der Waals surface area (Å²) in [7, 11) is 3.10. The number of rotatable bonds is 5. The number of ether oxygens (including phenoxy) is 3. The third-order valence-electron chi connectivity index (χ3n) is 3.54. The molecule has 122 valence electrons. The van der Waals surface area contributed by atoms with E-state index < -0.39 is 6.04 Å². The number of hydrogen-bond acceptors (Lipinski definition) is 5. The summed E-state index contributed by atoms with van der Waals surface area (Å²) in [5, 5.41) is 3.61. The average Bonchev–Trinajstić information content (AvgIpc) is 2.55. The Labute approximate surface area is 135 Å². The highest BCUT2D eigenvalue weighted by molar-refractivity contribution is 6.32. The topological polar surface area (TPSA) is 60.0 Å². The number of carbonyl (C=O) groups excluding carboxylic acids is 1. The zero-order valence-corrected chi connectivity index (χ0v) is 13.8. The van der Waals surface area contributed by atoms with Crippen molar-refractivity contribution >= 4 is 23.2 Å². The molecule has 0 spiro atoms. The van der Waals surface area contributed by atoms with Gasteiger partial charge in [-0.05, 0) is 13.0 Å². The van der Waals surface area contributed by atoms with Gasteiger partial charge in [0.05, 0.1) is 38.1 Å². The molecule has 0 radical (unpaired) electrons. The van der Waals surface area contributed by atoms with Gasteiger partial charge >= 0.3 is 0 Å². The highest BCUT2D eigenvalue weighted by atomic mass is 35.5. The van der Waals surface area contributed by atoms with Crippen molar-refractivity contribution in [3.63, 3.8) is 0 Å². The Morgan fingerprint density at radius 2 is 1.91 bits per heavy atom. The second-order valence-electron chi connectivity index (χ2n) is 4.99. The quantitative estimate of drug-likeness (QED) is 0.896. The molecule has 2 rings (SSSR count). The molecule has 0 aromatic heterocycles. The van der Waals surface area contributed by atoms with E-state index in [9.17, 15) is 4.79 Å². The number of nitrogens with one attached hydrogen (secondary N) is 1. The molecule has 1 aromatic rings. The van der Waals surface area contributed by atoms with E-state index >= 15 is 0 Å². The summed E-state index contributed by atoms with van der Waals surface area (Å²) in [6, 6.07) is 3.00. The van der Waals surface area contributed by atoms with Crippen LogP contribution in [0.15, 0.2) is 12.1 Å². The van der Waals surface area contributed by atoms with Gasteiger partial charge in [0.15, 0.2) is 0 Å². The molecular formula is C15H21ClN2O4. The minimum Gasteiger partial charge on any atom is -0.495 e. The molecule has 0 aliphatic carbocycles. The van der Waals surface area contributed by atoms with Gasteiger partial charge in [-0.25, -0.2) is 0 Å². The molecule has 1 amide bonds. The summed E-state index contributed by atoms with van der Waals surface area (Å²) in [6.07, 6.45) is 0. The molecule has 1 fully saturated rings. The summed E-state index contributed by atoms with van der Waals surface area (Å²) in [5.41, 5.74) is 0.655. The fourth-order valence-corrected chi connectivity index (χ4v) is 2.57. The van der Waals surface area contributed by atoms with Crippen molar-refractivity contribution in [3.8, 4) is 11.5 Å². The SMILES string of the molecule is COc1cc(OC)c(NC(C)C(=O)N2CCOCC2)cc1Cl. The highest BCUT2D eigenvalue weighted by Crippen LogP contribution is 2.36. The molecule has 1 aliphatic rings. The van der Waals surface area contributed by atoms with Gasteiger partial charge in [0.1, 0.15) is 17.5 Å². The molecule has 1 aromatic carbocycles. The number of amides is 1. The van der Waals surface area contributed by atoms with Crippen LogP contribution < -0.4 is 14.8 Å². The first kappa shape index (κ1) is 16.7. The molecule has 1 heterocycles. The van der Waals surface area contributed by atoms with Crippen LogP contribution in [0.25, 0.3) is 0 Å². The number of methoxy groups -OCH3 is 2. The van der Waals surface area contributed by atoms with Crippen molar-refractivity contribution in [2.24, 2.45) is 0 Å². The van der Waals surface area contributed by atoms with E-state index in [1.807, 2.05) is 6.92 Å². The van der Waals surface area contributed by atoms with Crippen LogP contribution in [0.5, 0.6) is 11.5 Å². The molecule has 1 atom stereocenters. The summed E-state index contributed by atoms with van der Waals surface area (Å²) in [4.78, 5) is 14.2. The summed E-state index contributed by atoms with van der Waals surface area (Å²) in [6.45, 7) is 4.21. The smallest absolute Gasteiger partial charge is 0.244 e. The lowest BCUT2D eigenvalue weighted by molar-refractivity contribution is -0.135. The number of carbonyl (C=O) groups is 1. The van der Waals surface area contributed by atoms with Crippen molar-refractivity contribution < 1.29 is 19.0 Å². The fourth-order valence-electron chi connectivity index (χ4n) is 2.33. The van der Waals surface area contributed by atoms with Crippen LogP contribution >= 0.6 is 11.6 Å². The van der Waals surface area contributed by atoms with Crippen LogP contribution in [-0.4, -0.2) is 57.4 Å². The normalized spacial score (nSPS) is 16.1. The molecule has 1 N–H and O–H groups in total. The monoisotopic (exact) mass is 328 g/mol. The van der Waals surface area contributed by atoms with Crippen LogP contribution in [0.3, 0.4) is 0 Å². The minimum atomic E-state index is -0.392. The summed E-state index contributed by atoms with van der Waals surface area (Å²) < 4.78 is 15.7. The first-order chi connectivity index (χ1) is 10.6. The summed E-state index contributed by atoms with van der Waals surface area (Å²) >= 11 is 6.14. The van der Waals surface area contributed by atoms with Crippen molar-refractivity contribution in [1.82, 2.24) is 4.90 Å². The Morgan fingerprint density at radius 3 is 2.50 bits per heavy atom. The van der Waals surface area contributed by atoms with Gasteiger partial charge in [-0.1, -0.05) is 11.6 Å². The van der Waals surface area contributed by atoms with Crippen LogP contribution in [0, 0.1) is 0 Å². The van der Waals surface area contributed by atoms with Crippen LogP contribution in [0.2, 0.25) is 5.02 Å². The van der Waals surface area contributed by atoms with Gasteiger partial charge in [0.25, 0.3) is 0 Å². The van der Waals surface area contributed by atoms with Gasteiger partial charge in [-0.15, -0.1) is 0 Å². The van der Waals surface area contributed by atoms with E-state index in [-0.39, 0.29) is 5.91 Å².